The minimum Gasteiger partial charge on any atom is -0.497 e. The van der Waals surface area contributed by atoms with Gasteiger partial charge in [0, 0.05) is 11.1 Å². The number of rotatable bonds is 6. The number of amides is 3. The standard InChI is InChI=1S/C27H22Cl2N2O5/c1-36-15-5-2-13(3-6-15)22(32)12-30(25(33)14-4-9-20(28)21(29)10-14)31-26(34)23-16-7-8-17(19-11-18(16)19)24(23)27(31)35/h2-10,16-19,23-24H,11-12H2,1H3/t16-,17-,18-,19+,23+,24+/m0/s1. The van der Waals surface area contributed by atoms with E-state index in [0.29, 0.717) is 23.1 Å². The lowest BCUT2D eigenvalue weighted by atomic mass is 9.63. The van der Waals surface area contributed by atoms with E-state index in [4.69, 9.17) is 27.9 Å². The molecule has 7 rings (SSSR count). The molecule has 2 saturated carbocycles. The summed E-state index contributed by atoms with van der Waals surface area (Å²) in [5.41, 5.74) is 0.438. The Hall–Kier alpha value is -3.16. The van der Waals surface area contributed by atoms with Gasteiger partial charge >= 0.3 is 0 Å². The van der Waals surface area contributed by atoms with Crippen molar-refractivity contribution in [2.45, 2.75) is 6.42 Å². The van der Waals surface area contributed by atoms with Crippen LogP contribution in [-0.4, -0.2) is 47.2 Å². The van der Waals surface area contributed by atoms with Gasteiger partial charge in [-0.05, 0) is 72.6 Å². The Kier molecular flexibility index (Phi) is 5.46. The first-order valence-corrected chi connectivity index (χ1v) is 12.6. The van der Waals surface area contributed by atoms with Gasteiger partial charge in [-0.3, -0.25) is 19.2 Å². The quantitative estimate of drug-likeness (QED) is 0.319. The van der Waals surface area contributed by atoms with Crippen molar-refractivity contribution in [3.05, 3.63) is 75.8 Å². The maximum absolute atomic E-state index is 13.7. The van der Waals surface area contributed by atoms with Gasteiger partial charge in [0.1, 0.15) is 12.3 Å². The number of carbonyl (C=O) groups is 4. The smallest absolute Gasteiger partial charge is 0.273 e. The van der Waals surface area contributed by atoms with Crippen LogP contribution in [0.4, 0.5) is 0 Å². The molecule has 2 aromatic carbocycles. The Balaban J connectivity index is 1.36. The van der Waals surface area contributed by atoms with Crippen molar-refractivity contribution >= 4 is 46.7 Å². The Morgan fingerprint density at radius 2 is 1.50 bits per heavy atom. The Morgan fingerprint density at radius 3 is 2.06 bits per heavy atom. The molecule has 4 aliphatic carbocycles. The Labute approximate surface area is 217 Å². The molecule has 2 bridgehead atoms. The van der Waals surface area contributed by atoms with Crippen molar-refractivity contribution in [2.75, 3.05) is 13.7 Å². The van der Waals surface area contributed by atoms with Crippen LogP contribution in [0.3, 0.4) is 0 Å². The van der Waals surface area contributed by atoms with Crippen molar-refractivity contribution in [1.82, 2.24) is 10.0 Å². The third-order valence-corrected chi connectivity index (χ3v) is 8.73. The van der Waals surface area contributed by atoms with E-state index >= 15 is 0 Å². The molecule has 2 aromatic rings. The normalized spacial score (nSPS) is 29.1. The molecule has 6 atom stereocenters. The Morgan fingerprint density at radius 1 is 0.917 bits per heavy atom. The van der Waals surface area contributed by atoms with E-state index in [-0.39, 0.29) is 27.4 Å². The highest BCUT2D eigenvalue weighted by Gasteiger charge is 2.68. The van der Waals surface area contributed by atoms with Crippen molar-refractivity contribution in [1.29, 1.82) is 0 Å². The third kappa shape index (κ3) is 3.48. The molecule has 1 saturated heterocycles. The number of hydrogen-bond acceptors (Lipinski definition) is 5. The summed E-state index contributed by atoms with van der Waals surface area (Å²) in [7, 11) is 1.52. The van der Waals surface area contributed by atoms with E-state index in [9.17, 15) is 19.2 Å². The summed E-state index contributed by atoms with van der Waals surface area (Å²) in [6, 6.07) is 10.7. The molecule has 9 heteroatoms. The van der Waals surface area contributed by atoms with Crippen molar-refractivity contribution in [3.8, 4) is 5.75 Å². The minimum atomic E-state index is -0.679. The summed E-state index contributed by atoms with van der Waals surface area (Å²) >= 11 is 12.2. The molecule has 0 radical (unpaired) electrons. The van der Waals surface area contributed by atoms with Gasteiger partial charge in [0.25, 0.3) is 17.7 Å². The average molecular weight is 525 g/mol. The van der Waals surface area contributed by atoms with Crippen LogP contribution in [0.1, 0.15) is 27.1 Å². The van der Waals surface area contributed by atoms with Crippen LogP contribution in [0.2, 0.25) is 10.0 Å². The molecule has 3 amide bonds. The van der Waals surface area contributed by atoms with Gasteiger partial charge in [-0.15, -0.1) is 0 Å². The van der Waals surface area contributed by atoms with Crippen LogP contribution in [0.15, 0.2) is 54.6 Å². The molecule has 0 spiro atoms. The number of ketones is 1. The highest BCUT2D eigenvalue weighted by molar-refractivity contribution is 6.42. The van der Waals surface area contributed by atoms with Gasteiger partial charge in [0.05, 0.1) is 29.0 Å². The van der Waals surface area contributed by atoms with Crippen LogP contribution >= 0.6 is 23.2 Å². The van der Waals surface area contributed by atoms with Gasteiger partial charge in [-0.2, -0.15) is 5.01 Å². The topological polar surface area (TPSA) is 84.0 Å². The molecule has 184 valence electrons. The monoisotopic (exact) mass is 524 g/mol. The first-order chi connectivity index (χ1) is 17.3. The number of Topliss-reactive ketones (excluding diaryl/α,β-unsaturated/α-hetero) is 1. The molecule has 1 aliphatic heterocycles. The molecule has 7 nitrogen and oxygen atoms in total. The molecule has 5 aliphatic rings. The van der Waals surface area contributed by atoms with Crippen LogP contribution in [-0.2, 0) is 9.59 Å². The second kappa shape index (κ2) is 8.46. The second-order valence-corrected chi connectivity index (χ2v) is 10.6. The first-order valence-electron chi connectivity index (χ1n) is 11.8. The molecule has 0 N–H and O–H groups in total. The lowest BCUT2D eigenvalue weighted by Crippen LogP contribution is -2.52. The molecule has 0 unspecified atom stereocenters. The third-order valence-electron chi connectivity index (χ3n) is 7.99. The van der Waals surface area contributed by atoms with Gasteiger partial charge in [0.15, 0.2) is 5.78 Å². The van der Waals surface area contributed by atoms with Gasteiger partial charge < -0.3 is 4.74 Å². The number of benzene rings is 2. The number of hydrogen-bond donors (Lipinski definition) is 0. The molecule has 3 fully saturated rings. The summed E-state index contributed by atoms with van der Waals surface area (Å²) in [6.07, 6.45) is 5.14. The lowest BCUT2D eigenvalue weighted by Gasteiger charge is -2.37. The fraction of sp³-hybridized carbons (Fsp3) is 0.333. The Bertz CT molecular complexity index is 1300. The zero-order valence-corrected chi connectivity index (χ0v) is 20.8. The summed E-state index contributed by atoms with van der Waals surface area (Å²) < 4.78 is 5.15. The van der Waals surface area contributed by atoms with E-state index < -0.39 is 41.9 Å². The van der Waals surface area contributed by atoms with Crippen LogP contribution in [0.5, 0.6) is 5.75 Å². The number of allylic oxidation sites excluding steroid dienone is 2. The molecule has 0 aromatic heterocycles. The van der Waals surface area contributed by atoms with Crippen molar-refractivity contribution in [3.63, 3.8) is 0 Å². The number of hydrazine groups is 1. The molecule has 36 heavy (non-hydrogen) atoms. The van der Waals surface area contributed by atoms with E-state index in [1.54, 1.807) is 24.3 Å². The summed E-state index contributed by atoms with van der Waals surface area (Å²) in [5.74, 6) is -1.57. The van der Waals surface area contributed by atoms with Crippen LogP contribution in [0.25, 0.3) is 0 Å². The largest absolute Gasteiger partial charge is 0.497 e. The van der Waals surface area contributed by atoms with Gasteiger partial charge in [-0.25, -0.2) is 5.01 Å². The highest BCUT2D eigenvalue weighted by Crippen LogP contribution is 2.65. The van der Waals surface area contributed by atoms with Crippen LogP contribution < -0.4 is 4.74 Å². The number of imide groups is 1. The number of halogens is 2. The molecular weight excluding hydrogens is 503 g/mol. The van der Waals surface area contributed by atoms with Crippen LogP contribution in [0, 0.1) is 35.5 Å². The van der Waals surface area contributed by atoms with E-state index in [1.807, 2.05) is 0 Å². The predicted octanol–water partition coefficient (Wildman–Crippen LogP) is 4.30. The zero-order valence-electron chi connectivity index (χ0n) is 19.3. The molecule has 1 heterocycles. The fourth-order valence-electron chi connectivity index (χ4n) is 6.19. The zero-order chi connectivity index (χ0) is 25.3. The van der Waals surface area contributed by atoms with Gasteiger partial charge in [0.2, 0.25) is 0 Å². The van der Waals surface area contributed by atoms with Gasteiger partial charge in [-0.1, -0.05) is 35.4 Å². The number of nitrogens with zero attached hydrogens (tertiary/aromatic N) is 2. The minimum absolute atomic E-state index is 0.00864. The fourth-order valence-corrected chi connectivity index (χ4v) is 6.49. The van der Waals surface area contributed by atoms with E-state index in [2.05, 4.69) is 12.2 Å². The highest BCUT2D eigenvalue weighted by atomic mass is 35.5. The first kappa shape index (κ1) is 23.3. The maximum Gasteiger partial charge on any atom is 0.273 e. The number of ether oxygens (including phenoxy) is 1. The lowest BCUT2D eigenvalue weighted by molar-refractivity contribution is -0.154. The maximum atomic E-state index is 13.7. The van der Waals surface area contributed by atoms with Crippen molar-refractivity contribution in [2.24, 2.45) is 35.5 Å². The van der Waals surface area contributed by atoms with E-state index in [0.717, 1.165) is 16.4 Å². The summed E-state index contributed by atoms with van der Waals surface area (Å²) in [4.78, 5) is 54.4. The second-order valence-electron chi connectivity index (χ2n) is 9.79. The van der Waals surface area contributed by atoms with Crippen molar-refractivity contribution < 1.29 is 23.9 Å². The summed E-state index contributed by atoms with van der Waals surface area (Å²) in [6.45, 7) is -0.488. The number of methoxy groups -OCH3 is 1. The number of carbonyl (C=O) groups excluding carboxylic acids is 4. The SMILES string of the molecule is COc1ccc(C(=O)CN(C(=O)c2ccc(Cl)c(Cl)c2)N2C(=O)[C@@H]3[C@H]4C=C[C@@H]([C@@H]5C[C@H]45)[C@H]3C2=O)cc1. The van der Waals surface area contributed by atoms with E-state index in [1.165, 1.54) is 25.3 Å². The average Bonchev–Trinajstić information content (AvgIpc) is 3.67. The summed E-state index contributed by atoms with van der Waals surface area (Å²) in [5, 5.41) is 2.30. The molecular formula is C27H22Cl2N2O5. The predicted molar refractivity (Wildman–Crippen MR) is 131 cm³/mol.